The quantitative estimate of drug-likeness (QED) is 0.771. The van der Waals surface area contributed by atoms with Crippen LogP contribution in [0, 0.1) is 5.92 Å². The summed E-state index contributed by atoms with van der Waals surface area (Å²) in [6, 6.07) is 7.21. The molecule has 1 saturated heterocycles. The summed E-state index contributed by atoms with van der Waals surface area (Å²) >= 11 is 0. The molecule has 1 aliphatic rings. The van der Waals surface area contributed by atoms with E-state index in [9.17, 15) is 8.42 Å². The third-order valence-electron chi connectivity index (χ3n) is 3.47. The summed E-state index contributed by atoms with van der Waals surface area (Å²) in [4.78, 5) is 0.399. The second-order valence-electron chi connectivity index (χ2n) is 5.15. The zero-order valence-electron chi connectivity index (χ0n) is 11.1. The Bertz CT molecular complexity index is 522. The largest absolute Gasteiger partial charge is 0.369 e. The number of hydrogen-bond donors (Lipinski definition) is 0. The smallest absolute Gasteiger partial charge is 0.175 e. The molecule has 1 aromatic carbocycles. The van der Waals surface area contributed by atoms with E-state index in [-0.39, 0.29) is 0 Å². The Kier molecular flexibility index (Phi) is 3.78. The maximum absolute atomic E-state index is 11.5. The highest BCUT2D eigenvalue weighted by Gasteiger charge is 2.40. The first-order chi connectivity index (χ1) is 8.41. The van der Waals surface area contributed by atoms with Crippen molar-refractivity contribution in [1.82, 2.24) is 0 Å². The molecule has 0 N–H and O–H groups in total. The van der Waals surface area contributed by atoms with Crippen LogP contribution in [0.4, 0.5) is 0 Å². The molecule has 3 nitrogen and oxygen atoms in total. The van der Waals surface area contributed by atoms with Crippen LogP contribution in [0.3, 0.4) is 0 Å². The first kappa shape index (κ1) is 13.6. The van der Waals surface area contributed by atoms with Crippen molar-refractivity contribution in [2.24, 2.45) is 5.92 Å². The van der Waals surface area contributed by atoms with Gasteiger partial charge in [-0.1, -0.05) is 26.0 Å². The molecule has 2 rings (SSSR count). The lowest BCUT2D eigenvalue weighted by Crippen LogP contribution is -2.10. The summed E-state index contributed by atoms with van der Waals surface area (Å²) in [6.07, 6.45) is 3.91. The molecule has 3 atom stereocenters. The number of rotatable bonds is 5. The first-order valence-electron chi connectivity index (χ1n) is 6.36. The molecule has 0 spiro atoms. The number of benzene rings is 1. The van der Waals surface area contributed by atoms with Crippen molar-refractivity contribution < 1.29 is 13.2 Å². The molecule has 1 heterocycles. The first-order valence-corrected chi connectivity index (χ1v) is 8.25. The Hall–Kier alpha value is -0.870. The molecule has 0 aromatic heterocycles. The van der Waals surface area contributed by atoms with E-state index in [1.807, 2.05) is 12.1 Å². The van der Waals surface area contributed by atoms with E-state index in [2.05, 4.69) is 13.8 Å². The predicted molar refractivity (Wildman–Crippen MR) is 71.4 cm³/mol. The van der Waals surface area contributed by atoms with Gasteiger partial charge in [-0.05, 0) is 36.5 Å². The standard InChI is InChI=1S/C14H20O3S/c1-4-13-14(17-13)10(2)8-11-6-5-7-12(9-11)18(3,15)16/h5-7,9-10,13-14H,4,8H2,1-3H3. The summed E-state index contributed by atoms with van der Waals surface area (Å²) < 4.78 is 28.6. The normalized spacial score (nSPS) is 24.8. The van der Waals surface area contributed by atoms with Crippen LogP contribution < -0.4 is 0 Å². The zero-order chi connectivity index (χ0) is 13.3. The molecule has 3 unspecified atom stereocenters. The number of hydrogen-bond acceptors (Lipinski definition) is 3. The minimum atomic E-state index is -3.11. The number of epoxide rings is 1. The van der Waals surface area contributed by atoms with Crippen LogP contribution in [-0.4, -0.2) is 26.9 Å². The Morgan fingerprint density at radius 1 is 1.39 bits per heavy atom. The fourth-order valence-corrected chi connectivity index (χ4v) is 3.07. The molecule has 0 radical (unpaired) electrons. The average Bonchev–Trinajstić information content (AvgIpc) is 3.07. The Labute approximate surface area is 109 Å². The van der Waals surface area contributed by atoms with Gasteiger partial charge in [0.2, 0.25) is 0 Å². The fraction of sp³-hybridized carbons (Fsp3) is 0.571. The summed E-state index contributed by atoms with van der Waals surface area (Å²) in [5, 5.41) is 0. The van der Waals surface area contributed by atoms with Crippen LogP contribution >= 0.6 is 0 Å². The van der Waals surface area contributed by atoms with Gasteiger partial charge in [0, 0.05) is 6.26 Å². The number of sulfone groups is 1. The molecule has 0 bridgehead atoms. The lowest BCUT2D eigenvalue weighted by Gasteiger charge is -2.09. The van der Waals surface area contributed by atoms with Gasteiger partial charge < -0.3 is 4.74 Å². The van der Waals surface area contributed by atoms with Gasteiger partial charge in [-0.2, -0.15) is 0 Å². The van der Waals surface area contributed by atoms with Crippen molar-refractivity contribution in [3.8, 4) is 0 Å². The van der Waals surface area contributed by atoms with Crippen LogP contribution in [0.5, 0.6) is 0 Å². The second-order valence-corrected chi connectivity index (χ2v) is 7.16. The lowest BCUT2D eigenvalue weighted by molar-refractivity contribution is 0.322. The maximum Gasteiger partial charge on any atom is 0.175 e. The van der Waals surface area contributed by atoms with Crippen LogP contribution in [0.2, 0.25) is 0 Å². The lowest BCUT2D eigenvalue weighted by atomic mass is 9.96. The van der Waals surface area contributed by atoms with E-state index in [0.29, 0.717) is 23.0 Å². The van der Waals surface area contributed by atoms with E-state index >= 15 is 0 Å². The molecule has 0 amide bonds. The molecule has 0 aliphatic carbocycles. The fourth-order valence-electron chi connectivity index (χ4n) is 2.38. The van der Waals surface area contributed by atoms with Gasteiger partial charge in [-0.3, -0.25) is 0 Å². The van der Waals surface area contributed by atoms with Gasteiger partial charge in [-0.25, -0.2) is 8.42 Å². The molecular weight excluding hydrogens is 248 g/mol. The van der Waals surface area contributed by atoms with Gasteiger partial charge in [-0.15, -0.1) is 0 Å². The molecule has 18 heavy (non-hydrogen) atoms. The van der Waals surface area contributed by atoms with Crippen LogP contribution in [0.25, 0.3) is 0 Å². The Morgan fingerprint density at radius 3 is 2.67 bits per heavy atom. The van der Waals surface area contributed by atoms with Crippen molar-refractivity contribution in [1.29, 1.82) is 0 Å². The van der Waals surface area contributed by atoms with Crippen molar-refractivity contribution >= 4 is 9.84 Å². The molecule has 4 heteroatoms. The highest BCUT2D eigenvalue weighted by Crippen LogP contribution is 2.33. The zero-order valence-corrected chi connectivity index (χ0v) is 11.9. The molecule has 1 aromatic rings. The van der Waals surface area contributed by atoms with Crippen LogP contribution in [0.1, 0.15) is 25.8 Å². The highest BCUT2D eigenvalue weighted by molar-refractivity contribution is 7.90. The summed E-state index contributed by atoms with van der Waals surface area (Å²) in [5.41, 5.74) is 1.07. The third kappa shape index (κ3) is 3.12. The SMILES string of the molecule is CCC1OC1C(C)Cc1cccc(S(C)(=O)=O)c1. The van der Waals surface area contributed by atoms with Crippen molar-refractivity contribution in [3.63, 3.8) is 0 Å². The average molecular weight is 268 g/mol. The van der Waals surface area contributed by atoms with E-state index < -0.39 is 9.84 Å². The van der Waals surface area contributed by atoms with Gasteiger partial charge in [0.05, 0.1) is 17.1 Å². The van der Waals surface area contributed by atoms with Crippen LogP contribution in [-0.2, 0) is 21.0 Å². The highest BCUT2D eigenvalue weighted by atomic mass is 32.2. The van der Waals surface area contributed by atoms with Crippen molar-refractivity contribution in [2.45, 2.75) is 43.8 Å². The van der Waals surface area contributed by atoms with Crippen molar-refractivity contribution in [2.75, 3.05) is 6.26 Å². The number of ether oxygens (including phenoxy) is 1. The molecule has 0 saturated carbocycles. The summed E-state index contributed by atoms with van der Waals surface area (Å²) in [6.45, 7) is 4.29. The van der Waals surface area contributed by atoms with Gasteiger partial charge in [0.1, 0.15) is 0 Å². The minimum Gasteiger partial charge on any atom is -0.369 e. The molecule has 100 valence electrons. The minimum absolute atomic E-state index is 0.344. The Balaban J connectivity index is 2.06. The summed E-state index contributed by atoms with van der Waals surface area (Å²) in [5.74, 6) is 0.435. The topological polar surface area (TPSA) is 46.7 Å². The molecular formula is C14H20O3S. The monoisotopic (exact) mass is 268 g/mol. The third-order valence-corrected chi connectivity index (χ3v) is 4.58. The second kappa shape index (κ2) is 5.02. The van der Waals surface area contributed by atoms with Gasteiger partial charge in [0.15, 0.2) is 9.84 Å². The van der Waals surface area contributed by atoms with E-state index in [4.69, 9.17) is 4.74 Å². The summed E-state index contributed by atoms with van der Waals surface area (Å²) in [7, 11) is -3.11. The molecule has 1 aliphatic heterocycles. The van der Waals surface area contributed by atoms with E-state index in [0.717, 1.165) is 18.4 Å². The predicted octanol–water partition coefficient (Wildman–Crippen LogP) is 2.45. The maximum atomic E-state index is 11.5. The Morgan fingerprint density at radius 2 is 2.11 bits per heavy atom. The van der Waals surface area contributed by atoms with Gasteiger partial charge in [0.25, 0.3) is 0 Å². The van der Waals surface area contributed by atoms with Gasteiger partial charge >= 0.3 is 0 Å². The van der Waals surface area contributed by atoms with Crippen LogP contribution in [0.15, 0.2) is 29.2 Å². The van der Waals surface area contributed by atoms with E-state index in [1.165, 1.54) is 6.26 Å². The molecule has 1 fully saturated rings. The van der Waals surface area contributed by atoms with E-state index in [1.54, 1.807) is 12.1 Å². The van der Waals surface area contributed by atoms with Crippen molar-refractivity contribution in [3.05, 3.63) is 29.8 Å².